The number of carbonyl (C=O) groups excluding carboxylic acids is 2. The number of rotatable bonds is 5. The molecule has 1 aliphatic rings. The van der Waals surface area contributed by atoms with Gasteiger partial charge in [0.05, 0.1) is 10.6 Å². The van der Waals surface area contributed by atoms with E-state index in [-0.39, 0.29) is 27.8 Å². The fourth-order valence-corrected chi connectivity index (χ4v) is 4.15. The summed E-state index contributed by atoms with van der Waals surface area (Å²) in [5, 5.41) is 2.40. The zero-order valence-electron chi connectivity index (χ0n) is 14.0. The van der Waals surface area contributed by atoms with Crippen LogP contribution in [0.2, 0.25) is 0 Å². The summed E-state index contributed by atoms with van der Waals surface area (Å²) in [4.78, 5) is 26.1. The summed E-state index contributed by atoms with van der Waals surface area (Å²) in [6, 6.07) is 10.9. The predicted octanol–water partition coefficient (Wildman–Crippen LogP) is 1.54. The van der Waals surface area contributed by atoms with Crippen LogP contribution >= 0.6 is 12.2 Å². The summed E-state index contributed by atoms with van der Waals surface area (Å²) in [7, 11) is -3.87. The highest BCUT2D eigenvalue weighted by molar-refractivity contribution is 7.90. The van der Waals surface area contributed by atoms with Crippen molar-refractivity contribution in [2.45, 2.75) is 4.90 Å². The summed E-state index contributed by atoms with van der Waals surface area (Å²) in [5.74, 6) is -1.30. The Morgan fingerprint density at radius 2 is 1.81 bits per heavy atom. The Morgan fingerprint density at radius 3 is 2.48 bits per heavy atom. The molecule has 1 aliphatic heterocycles. The molecule has 0 bridgehead atoms. The minimum absolute atomic E-state index is 0.0191. The van der Waals surface area contributed by atoms with E-state index in [1.165, 1.54) is 47.5 Å². The van der Waals surface area contributed by atoms with Gasteiger partial charge in [-0.1, -0.05) is 24.3 Å². The van der Waals surface area contributed by atoms with Crippen molar-refractivity contribution in [1.82, 2.24) is 14.2 Å². The van der Waals surface area contributed by atoms with Gasteiger partial charge in [-0.3, -0.25) is 19.8 Å². The highest BCUT2D eigenvalue weighted by Gasteiger charge is 2.33. The SMILES string of the molecule is C=CCN1C(=O)C(=Cc2cccn2S(=O)(=O)c2ccccc2)C(=O)NC1=S. The summed E-state index contributed by atoms with van der Waals surface area (Å²) in [6.45, 7) is 3.68. The van der Waals surface area contributed by atoms with Gasteiger partial charge in [-0.15, -0.1) is 6.58 Å². The van der Waals surface area contributed by atoms with Crippen molar-refractivity contribution in [2.75, 3.05) is 6.54 Å². The lowest BCUT2D eigenvalue weighted by Crippen LogP contribution is -2.53. The van der Waals surface area contributed by atoms with Gasteiger partial charge in [0.15, 0.2) is 5.11 Å². The second kappa shape index (κ2) is 7.29. The third-order valence-electron chi connectivity index (χ3n) is 3.83. The lowest BCUT2D eigenvalue weighted by atomic mass is 10.1. The molecule has 1 saturated heterocycles. The van der Waals surface area contributed by atoms with Gasteiger partial charge in [-0.2, -0.15) is 0 Å². The number of aromatic nitrogens is 1. The van der Waals surface area contributed by atoms with Crippen molar-refractivity contribution < 1.29 is 18.0 Å². The molecule has 0 saturated carbocycles. The molecule has 1 aromatic carbocycles. The van der Waals surface area contributed by atoms with Crippen LogP contribution < -0.4 is 5.32 Å². The van der Waals surface area contributed by atoms with Gasteiger partial charge in [-0.25, -0.2) is 12.4 Å². The van der Waals surface area contributed by atoms with Gasteiger partial charge in [-0.05, 0) is 42.6 Å². The Kier molecular flexibility index (Phi) is 5.06. The first kappa shape index (κ1) is 18.7. The lowest BCUT2D eigenvalue weighted by Gasteiger charge is -2.27. The van der Waals surface area contributed by atoms with Crippen LogP contribution in [-0.2, 0) is 19.6 Å². The quantitative estimate of drug-likeness (QED) is 0.355. The molecular formula is C18H15N3O4S2. The Hall–Kier alpha value is -3.04. The Morgan fingerprint density at radius 1 is 1.11 bits per heavy atom. The number of nitrogens with zero attached hydrogens (tertiary/aromatic N) is 2. The summed E-state index contributed by atoms with van der Waals surface area (Å²) >= 11 is 4.99. The molecule has 1 fully saturated rings. The third-order valence-corrected chi connectivity index (χ3v) is 5.87. The minimum atomic E-state index is -3.87. The molecular weight excluding hydrogens is 386 g/mol. The van der Waals surface area contributed by atoms with Gasteiger partial charge in [0.2, 0.25) is 0 Å². The summed E-state index contributed by atoms with van der Waals surface area (Å²) in [5.41, 5.74) is -0.0441. The molecule has 0 atom stereocenters. The van der Waals surface area contributed by atoms with Crippen LogP contribution in [-0.4, -0.2) is 40.8 Å². The molecule has 2 heterocycles. The number of nitrogens with one attached hydrogen (secondary N) is 1. The molecule has 27 heavy (non-hydrogen) atoms. The smallest absolute Gasteiger partial charge is 0.268 e. The second-order valence-corrected chi connectivity index (χ2v) is 7.77. The first-order valence-corrected chi connectivity index (χ1v) is 9.69. The lowest BCUT2D eigenvalue weighted by molar-refractivity contribution is -0.128. The van der Waals surface area contributed by atoms with E-state index >= 15 is 0 Å². The predicted molar refractivity (Wildman–Crippen MR) is 104 cm³/mol. The van der Waals surface area contributed by atoms with E-state index in [1.54, 1.807) is 18.2 Å². The van der Waals surface area contributed by atoms with E-state index in [0.29, 0.717) is 0 Å². The average molecular weight is 401 g/mol. The van der Waals surface area contributed by atoms with E-state index in [0.717, 1.165) is 3.97 Å². The molecule has 0 aliphatic carbocycles. The van der Waals surface area contributed by atoms with Crippen molar-refractivity contribution in [3.63, 3.8) is 0 Å². The van der Waals surface area contributed by atoms with Crippen LogP contribution in [0.3, 0.4) is 0 Å². The number of amides is 2. The van der Waals surface area contributed by atoms with Crippen molar-refractivity contribution in [2.24, 2.45) is 0 Å². The maximum atomic E-state index is 12.8. The van der Waals surface area contributed by atoms with Gasteiger partial charge in [0.25, 0.3) is 21.8 Å². The summed E-state index contributed by atoms with van der Waals surface area (Å²) < 4.78 is 26.7. The largest absolute Gasteiger partial charge is 0.298 e. The molecule has 9 heteroatoms. The topological polar surface area (TPSA) is 88.5 Å². The number of thiocarbonyl (C=S) groups is 1. The molecule has 0 radical (unpaired) electrons. The number of carbonyl (C=O) groups is 2. The highest BCUT2D eigenvalue weighted by atomic mass is 32.2. The van der Waals surface area contributed by atoms with Crippen molar-refractivity contribution >= 4 is 45.2 Å². The van der Waals surface area contributed by atoms with Crippen molar-refractivity contribution in [3.8, 4) is 0 Å². The third kappa shape index (κ3) is 3.46. The minimum Gasteiger partial charge on any atom is -0.298 e. The van der Waals surface area contributed by atoms with Gasteiger partial charge in [0, 0.05) is 12.7 Å². The number of benzene rings is 1. The zero-order valence-corrected chi connectivity index (χ0v) is 15.7. The van der Waals surface area contributed by atoms with Crippen LogP contribution in [0.5, 0.6) is 0 Å². The molecule has 0 unspecified atom stereocenters. The van der Waals surface area contributed by atoms with Crippen LogP contribution in [0.15, 0.2) is 71.8 Å². The van der Waals surface area contributed by atoms with Crippen LogP contribution in [0.25, 0.3) is 6.08 Å². The van der Waals surface area contributed by atoms with Gasteiger partial charge in [0.1, 0.15) is 5.57 Å². The molecule has 2 aromatic rings. The van der Waals surface area contributed by atoms with E-state index in [9.17, 15) is 18.0 Å². The first-order chi connectivity index (χ1) is 12.9. The average Bonchev–Trinajstić information content (AvgIpc) is 3.12. The summed E-state index contributed by atoms with van der Waals surface area (Å²) in [6.07, 6.45) is 4.06. The van der Waals surface area contributed by atoms with Crippen molar-refractivity contribution in [3.05, 3.63) is 72.6 Å². The maximum Gasteiger partial charge on any atom is 0.268 e. The fraction of sp³-hybridized carbons (Fsp3) is 0.0556. The van der Waals surface area contributed by atoms with E-state index in [4.69, 9.17) is 12.2 Å². The molecule has 138 valence electrons. The van der Waals surface area contributed by atoms with Crippen LogP contribution in [0.1, 0.15) is 5.69 Å². The Bertz CT molecular complexity index is 1070. The highest BCUT2D eigenvalue weighted by Crippen LogP contribution is 2.20. The van der Waals surface area contributed by atoms with E-state index in [2.05, 4.69) is 11.9 Å². The van der Waals surface area contributed by atoms with Crippen LogP contribution in [0.4, 0.5) is 0 Å². The maximum absolute atomic E-state index is 12.8. The number of hydrogen-bond acceptors (Lipinski definition) is 5. The first-order valence-electron chi connectivity index (χ1n) is 7.84. The van der Waals surface area contributed by atoms with Crippen molar-refractivity contribution in [1.29, 1.82) is 0 Å². The second-order valence-electron chi connectivity index (χ2n) is 5.57. The molecule has 0 spiro atoms. The zero-order chi connectivity index (χ0) is 19.6. The standard InChI is InChI=1S/C18H15N3O4S2/c1-2-10-20-17(23)15(16(22)19-18(20)26)12-13-7-6-11-21(13)27(24,25)14-8-4-3-5-9-14/h2-9,11-12H,1,10H2,(H,19,22,26). The number of hydrogen-bond donors (Lipinski definition) is 1. The Labute approximate surface area is 161 Å². The van der Waals surface area contributed by atoms with E-state index in [1.807, 2.05) is 0 Å². The van der Waals surface area contributed by atoms with Gasteiger partial charge >= 0.3 is 0 Å². The van der Waals surface area contributed by atoms with Gasteiger partial charge < -0.3 is 0 Å². The molecule has 1 N–H and O–H groups in total. The van der Waals surface area contributed by atoms with E-state index < -0.39 is 21.8 Å². The Balaban J connectivity index is 2.05. The molecule has 3 rings (SSSR count). The fourth-order valence-electron chi connectivity index (χ4n) is 2.55. The normalized spacial score (nSPS) is 16.5. The monoisotopic (exact) mass is 401 g/mol. The molecule has 1 aromatic heterocycles. The molecule has 2 amide bonds. The molecule has 7 nitrogen and oxygen atoms in total. The van der Waals surface area contributed by atoms with Crippen LogP contribution in [0, 0.1) is 0 Å².